The van der Waals surface area contributed by atoms with Gasteiger partial charge in [-0.25, -0.2) is 0 Å². The largest absolute Gasteiger partial charge is 0.466 e. The number of hydrogen-bond acceptors (Lipinski definition) is 4. The summed E-state index contributed by atoms with van der Waals surface area (Å²) in [7, 11) is 0. The van der Waals surface area contributed by atoms with Gasteiger partial charge in [0.1, 0.15) is 0 Å². The molecule has 38 heavy (non-hydrogen) atoms. The van der Waals surface area contributed by atoms with Crippen molar-refractivity contribution in [3.63, 3.8) is 0 Å². The summed E-state index contributed by atoms with van der Waals surface area (Å²) in [5.74, 6) is 1.74. The lowest BCUT2D eigenvalue weighted by atomic mass is 9.84. The molecule has 0 saturated carbocycles. The summed E-state index contributed by atoms with van der Waals surface area (Å²) in [6.45, 7) is 14.2. The second-order valence-corrected chi connectivity index (χ2v) is 12.4. The monoisotopic (exact) mass is 538 g/mol. The molecule has 2 unspecified atom stereocenters. The smallest absolute Gasteiger partial charge is 0.309 e. The highest BCUT2D eigenvalue weighted by Crippen LogP contribution is 2.27. The molecular weight excluding hydrogens is 472 g/mol. The zero-order chi connectivity index (χ0) is 28.4. The summed E-state index contributed by atoms with van der Waals surface area (Å²) in [5.41, 5.74) is 0. The Hall–Kier alpha value is -1.06. The Labute approximate surface area is 237 Å². The van der Waals surface area contributed by atoms with Gasteiger partial charge in [0.15, 0.2) is 0 Å². The summed E-state index contributed by atoms with van der Waals surface area (Å²) in [6, 6.07) is 0. The van der Waals surface area contributed by atoms with E-state index in [0.717, 1.165) is 44.9 Å². The molecule has 0 amide bonds. The van der Waals surface area contributed by atoms with Crippen LogP contribution in [0.1, 0.15) is 170 Å². The molecule has 0 radical (unpaired) electrons. The first-order chi connectivity index (χ1) is 18.3. The molecule has 2 atom stereocenters. The van der Waals surface area contributed by atoms with Crippen molar-refractivity contribution in [2.45, 2.75) is 170 Å². The lowest BCUT2D eigenvalue weighted by molar-refractivity contribution is -0.151. The van der Waals surface area contributed by atoms with Gasteiger partial charge in [0.25, 0.3) is 0 Å². The van der Waals surface area contributed by atoms with Gasteiger partial charge in [0, 0.05) is 6.42 Å². The second-order valence-electron chi connectivity index (χ2n) is 12.4. The van der Waals surface area contributed by atoms with Crippen molar-refractivity contribution in [3.05, 3.63) is 0 Å². The van der Waals surface area contributed by atoms with Crippen LogP contribution >= 0.6 is 0 Å². The molecule has 0 heterocycles. The first kappa shape index (κ1) is 36.9. The zero-order valence-corrected chi connectivity index (χ0v) is 26.5. The highest BCUT2D eigenvalue weighted by Gasteiger charge is 2.26. The lowest BCUT2D eigenvalue weighted by Crippen LogP contribution is -2.26. The van der Waals surface area contributed by atoms with E-state index in [0.29, 0.717) is 37.4 Å². The van der Waals surface area contributed by atoms with Crippen molar-refractivity contribution in [3.8, 4) is 0 Å². The van der Waals surface area contributed by atoms with E-state index in [4.69, 9.17) is 9.47 Å². The number of ether oxygens (including phenoxy) is 2. The third-order valence-corrected chi connectivity index (χ3v) is 7.94. The molecule has 0 spiro atoms. The zero-order valence-electron chi connectivity index (χ0n) is 26.5. The average Bonchev–Trinajstić information content (AvgIpc) is 2.87. The van der Waals surface area contributed by atoms with Crippen molar-refractivity contribution >= 4 is 11.9 Å². The maximum absolute atomic E-state index is 12.5. The van der Waals surface area contributed by atoms with Gasteiger partial charge in [-0.05, 0) is 49.9 Å². The molecular formula is C34H66O4. The van der Waals surface area contributed by atoms with Crippen molar-refractivity contribution in [1.29, 1.82) is 0 Å². The fraction of sp³-hybridized carbons (Fsp3) is 0.941. The standard InChI is InChI=1S/C34H66O4/c1-7-31(32(8-2)34(36)38-28-26-30(5)6)23-21-19-17-15-13-11-9-10-12-14-16-18-20-22-24-33(35)37-27-25-29(3)4/h29-32H,7-28H2,1-6H3. The van der Waals surface area contributed by atoms with Crippen molar-refractivity contribution in [2.75, 3.05) is 13.2 Å². The number of rotatable bonds is 27. The predicted octanol–water partition coefficient (Wildman–Crippen LogP) is 10.5. The van der Waals surface area contributed by atoms with Crippen LogP contribution < -0.4 is 0 Å². The lowest BCUT2D eigenvalue weighted by Gasteiger charge is -2.24. The quantitative estimate of drug-likeness (QED) is 0.0771. The van der Waals surface area contributed by atoms with Crippen LogP contribution in [0, 0.1) is 23.7 Å². The van der Waals surface area contributed by atoms with Crippen LogP contribution in [-0.4, -0.2) is 25.2 Å². The highest BCUT2D eigenvalue weighted by molar-refractivity contribution is 5.72. The summed E-state index contributed by atoms with van der Waals surface area (Å²) in [4.78, 5) is 24.2. The molecule has 0 bridgehead atoms. The minimum atomic E-state index is -0.0181. The number of carbonyl (C=O) groups excluding carboxylic acids is 2. The Kier molecular flexibility index (Phi) is 25.4. The summed E-state index contributed by atoms with van der Waals surface area (Å²) in [6.07, 6.45) is 23.7. The first-order valence-corrected chi connectivity index (χ1v) is 16.6. The van der Waals surface area contributed by atoms with Gasteiger partial charge in [-0.2, -0.15) is 0 Å². The minimum Gasteiger partial charge on any atom is -0.466 e. The molecule has 4 nitrogen and oxygen atoms in total. The van der Waals surface area contributed by atoms with E-state index in [-0.39, 0.29) is 17.9 Å². The van der Waals surface area contributed by atoms with Gasteiger partial charge in [-0.3, -0.25) is 9.59 Å². The van der Waals surface area contributed by atoms with Gasteiger partial charge in [-0.15, -0.1) is 0 Å². The highest BCUT2D eigenvalue weighted by atomic mass is 16.5. The molecule has 0 aliphatic carbocycles. The first-order valence-electron chi connectivity index (χ1n) is 16.6. The van der Waals surface area contributed by atoms with Gasteiger partial charge >= 0.3 is 11.9 Å². The topological polar surface area (TPSA) is 52.6 Å². The summed E-state index contributed by atoms with van der Waals surface area (Å²) < 4.78 is 10.9. The number of esters is 2. The van der Waals surface area contributed by atoms with E-state index in [1.807, 2.05) is 0 Å². The van der Waals surface area contributed by atoms with Crippen molar-refractivity contribution in [1.82, 2.24) is 0 Å². The van der Waals surface area contributed by atoms with Gasteiger partial charge < -0.3 is 9.47 Å². The van der Waals surface area contributed by atoms with Crippen LogP contribution in [0.2, 0.25) is 0 Å². The molecule has 0 saturated heterocycles. The molecule has 0 N–H and O–H groups in total. The van der Waals surface area contributed by atoms with E-state index in [2.05, 4.69) is 41.5 Å². The Morgan fingerprint density at radius 3 is 1.37 bits per heavy atom. The van der Waals surface area contributed by atoms with Crippen LogP contribution in [-0.2, 0) is 19.1 Å². The molecule has 0 rings (SSSR count). The van der Waals surface area contributed by atoms with Crippen LogP contribution in [0.25, 0.3) is 0 Å². The van der Waals surface area contributed by atoms with Gasteiger partial charge in [-0.1, -0.05) is 131 Å². The van der Waals surface area contributed by atoms with E-state index < -0.39 is 0 Å². The molecule has 226 valence electrons. The molecule has 0 aliphatic heterocycles. The third-order valence-electron chi connectivity index (χ3n) is 7.94. The Morgan fingerprint density at radius 2 is 0.947 bits per heavy atom. The molecule has 0 aromatic carbocycles. The van der Waals surface area contributed by atoms with E-state index in [9.17, 15) is 9.59 Å². The van der Waals surface area contributed by atoms with Crippen LogP contribution in [0.5, 0.6) is 0 Å². The average molecular weight is 539 g/mol. The van der Waals surface area contributed by atoms with E-state index in [1.165, 1.54) is 77.0 Å². The van der Waals surface area contributed by atoms with Gasteiger partial charge in [0.2, 0.25) is 0 Å². The summed E-state index contributed by atoms with van der Waals surface area (Å²) >= 11 is 0. The minimum absolute atomic E-state index is 0.0181. The normalized spacial score (nSPS) is 13.2. The van der Waals surface area contributed by atoms with E-state index >= 15 is 0 Å². The number of hydrogen-bond donors (Lipinski definition) is 0. The maximum atomic E-state index is 12.5. The Morgan fingerprint density at radius 1 is 0.526 bits per heavy atom. The van der Waals surface area contributed by atoms with Crippen molar-refractivity contribution < 1.29 is 19.1 Å². The second kappa shape index (κ2) is 26.2. The SMILES string of the molecule is CCC(CCCCCCCCCCCCCCCCC(=O)OCCC(C)C)C(CC)C(=O)OCCC(C)C. The fourth-order valence-electron chi connectivity index (χ4n) is 5.16. The van der Waals surface area contributed by atoms with Crippen molar-refractivity contribution in [2.24, 2.45) is 23.7 Å². The van der Waals surface area contributed by atoms with Crippen LogP contribution in [0.3, 0.4) is 0 Å². The van der Waals surface area contributed by atoms with Crippen LogP contribution in [0.4, 0.5) is 0 Å². The number of carbonyl (C=O) groups is 2. The molecule has 0 aromatic rings. The predicted molar refractivity (Wildman–Crippen MR) is 162 cm³/mol. The molecule has 0 aliphatic rings. The van der Waals surface area contributed by atoms with Crippen LogP contribution in [0.15, 0.2) is 0 Å². The number of unbranched alkanes of at least 4 members (excludes halogenated alkanes) is 13. The summed E-state index contributed by atoms with van der Waals surface area (Å²) in [5, 5.41) is 0. The Bertz CT molecular complexity index is 543. The molecule has 4 heteroatoms. The van der Waals surface area contributed by atoms with Gasteiger partial charge in [0.05, 0.1) is 19.1 Å². The maximum Gasteiger partial charge on any atom is 0.309 e. The Balaban J connectivity index is 3.56. The molecule has 0 aromatic heterocycles. The molecule has 0 fully saturated rings. The van der Waals surface area contributed by atoms with E-state index in [1.54, 1.807) is 0 Å². The fourth-order valence-corrected chi connectivity index (χ4v) is 5.16. The third kappa shape index (κ3) is 22.9.